The van der Waals surface area contributed by atoms with Gasteiger partial charge in [0.15, 0.2) is 0 Å². The van der Waals surface area contributed by atoms with E-state index in [0.717, 1.165) is 11.1 Å². The van der Waals surface area contributed by atoms with Crippen LogP contribution in [-0.2, 0) is 7.05 Å². The zero-order valence-corrected chi connectivity index (χ0v) is 17.3. The molecule has 3 heterocycles. The van der Waals surface area contributed by atoms with Crippen LogP contribution in [0.5, 0.6) is 5.88 Å². The van der Waals surface area contributed by atoms with Gasteiger partial charge in [0, 0.05) is 11.8 Å². The summed E-state index contributed by atoms with van der Waals surface area (Å²) in [6.45, 7) is 0. The highest BCUT2D eigenvalue weighted by Gasteiger charge is 2.16. The number of aryl methyl sites for hydroxylation is 1. The number of tetrazole rings is 1. The third-order valence-corrected chi connectivity index (χ3v) is 5.04. The number of fused-ring (bicyclic) bond motifs is 1. The van der Waals surface area contributed by atoms with Gasteiger partial charge in [-0.2, -0.15) is 4.80 Å². The van der Waals surface area contributed by atoms with Crippen LogP contribution < -0.4 is 16.0 Å². The minimum Gasteiger partial charge on any atom is -0.480 e. The van der Waals surface area contributed by atoms with Gasteiger partial charge in [-0.1, -0.05) is 24.3 Å². The van der Waals surface area contributed by atoms with E-state index in [9.17, 15) is 4.79 Å². The van der Waals surface area contributed by atoms with Gasteiger partial charge in [-0.05, 0) is 41.1 Å². The predicted molar refractivity (Wildman–Crippen MR) is 119 cm³/mol. The van der Waals surface area contributed by atoms with Gasteiger partial charge in [-0.15, -0.1) is 10.2 Å². The molecule has 32 heavy (non-hydrogen) atoms. The van der Waals surface area contributed by atoms with Crippen LogP contribution in [0.15, 0.2) is 65.6 Å². The van der Waals surface area contributed by atoms with E-state index in [2.05, 4.69) is 25.4 Å². The monoisotopic (exact) mass is 426 g/mol. The van der Waals surface area contributed by atoms with E-state index in [4.69, 9.17) is 10.5 Å². The van der Waals surface area contributed by atoms with Crippen LogP contribution in [0.1, 0.15) is 0 Å². The maximum Gasteiger partial charge on any atom is 0.267 e. The van der Waals surface area contributed by atoms with Crippen LogP contribution in [0.25, 0.3) is 39.1 Å². The second-order valence-electron chi connectivity index (χ2n) is 7.06. The van der Waals surface area contributed by atoms with Crippen molar-refractivity contribution < 1.29 is 4.74 Å². The zero-order chi connectivity index (χ0) is 22.2. The van der Waals surface area contributed by atoms with Crippen molar-refractivity contribution in [3.8, 4) is 34.1 Å². The molecule has 10 heteroatoms. The normalized spacial score (nSPS) is 11.1. The maximum absolute atomic E-state index is 13.3. The Balaban J connectivity index is 1.68. The third-order valence-electron chi connectivity index (χ3n) is 5.04. The molecule has 0 fully saturated rings. The van der Waals surface area contributed by atoms with Crippen LogP contribution in [0.2, 0.25) is 0 Å². The minimum atomic E-state index is -0.252. The number of anilines is 1. The van der Waals surface area contributed by atoms with Gasteiger partial charge in [0.05, 0.1) is 36.3 Å². The molecule has 5 aromatic rings. The number of methoxy groups -OCH3 is 1. The van der Waals surface area contributed by atoms with Crippen LogP contribution in [0.4, 0.5) is 5.95 Å². The summed E-state index contributed by atoms with van der Waals surface area (Å²) in [5, 5.41) is 12.6. The van der Waals surface area contributed by atoms with Crippen molar-refractivity contribution in [1.29, 1.82) is 0 Å². The smallest absolute Gasteiger partial charge is 0.267 e. The van der Waals surface area contributed by atoms with E-state index in [1.165, 1.54) is 16.5 Å². The zero-order valence-electron chi connectivity index (χ0n) is 17.3. The lowest BCUT2D eigenvalue weighted by molar-refractivity contribution is 0.399. The lowest BCUT2D eigenvalue weighted by Gasteiger charge is -2.11. The number of nitrogens with two attached hydrogens (primary N) is 1. The molecule has 0 aliphatic heterocycles. The second-order valence-corrected chi connectivity index (χ2v) is 7.06. The van der Waals surface area contributed by atoms with E-state index >= 15 is 0 Å². The number of hydrogen-bond acceptors (Lipinski definition) is 8. The van der Waals surface area contributed by atoms with Crippen LogP contribution in [0.3, 0.4) is 0 Å². The summed E-state index contributed by atoms with van der Waals surface area (Å²) in [6, 6.07) is 16.4. The molecule has 0 spiro atoms. The summed E-state index contributed by atoms with van der Waals surface area (Å²) >= 11 is 0. The van der Waals surface area contributed by atoms with Gasteiger partial charge in [-0.3, -0.25) is 4.79 Å². The highest BCUT2D eigenvalue weighted by atomic mass is 16.5. The molecule has 0 saturated heterocycles. The molecule has 158 valence electrons. The first-order valence-electron chi connectivity index (χ1n) is 9.71. The quantitative estimate of drug-likeness (QED) is 0.464. The van der Waals surface area contributed by atoms with Crippen molar-refractivity contribution >= 4 is 16.9 Å². The molecule has 5 rings (SSSR count). The Morgan fingerprint density at radius 2 is 1.84 bits per heavy atom. The van der Waals surface area contributed by atoms with Gasteiger partial charge in [-0.25, -0.2) is 14.5 Å². The molecule has 0 aliphatic carbocycles. The summed E-state index contributed by atoms with van der Waals surface area (Å²) in [4.78, 5) is 23.5. The van der Waals surface area contributed by atoms with Crippen LogP contribution in [-0.4, -0.2) is 41.9 Å². The summed E-state index contributed by atoms with van der Waals surface area (Å²) in [6.07, 6.45) is 1.67. The largest absolute Gasteiger partial charge is 0.480 e. The van der Waals surface area contributed by atoms with Crippen molar-refractivity contribution in [2.45, 2.75) is 0 Å². The van der Waals surface area contributed by atoms with Gasteiger partial charge >= 0.3 is 0 Å². The first-order chi connectivity index (χ1) is 15.5. The highest BCUT2D eigenvalue weighted by Crippen LogP contribution is 2.31. The number of nitrogens with zero attached hydrogens (tertiary/aromatic N) is 7. The summed E-state index contributed by atoms with van der Waals surface area (Å²) < 4.78 is 6.76. The Labute approximate surface area is 181 Å². The Bertz CT molecular complexity index is 1510. The third kappa shape index (κ3) is 3.23. The summed E-state index contributed by atoms with van der Waals surface area (Å²) in [5.74, 6) is 0.896. The Hall–Kier alpha value is -4.60. The number of aromatic nitrogens is 7. The molecule has 0 unspecified atom stereocenters. The van der Waals surface area contributed by atoms with E-state index in [1.54, 1.807) is 25.4 Å². The first kappa shape index (κ1) is 19.4. The Morgan fingerprint density at radius 1 is 1.03 bits per heavy atom. The fourth-order valence-electron chi connectivity index (χ4n) is 3.53. The van der Waals surface area contributed by atoms with Crippen molar-refractivity contribution in [2.24, 2.45) is 7.05 Å². The van der Waals surface area contributed by atoms with Gasteiger partial charge < -0.3 is 10.5 Å². The number of nitrogen functional groups attached to an aromatic ring is 1. The van der Waals surface area contributed by atoms with Crippen molar-refractivity contribution in [2.75, 3.05) is 12.8 Å². The SMILES string of the molecule is COc1ncc(-c2ccc3nc(N)n(-c4ccccc4)c(=O)c3c2)cc1-c1nnn(C)n1. The van der Waals surface area contributed by atoms with E-state index in [-0.39, 0.29) is 11.5 Å². The highest BCUT2D eigenvalue weighted by molar-refractivity contribution is 5.85. The molecule has 0 radical (unpaired) electrons. The first-order valence-corrected chi connectivity index (χ1v) is 9.71. The van der Waals surface area contributed by atoms with Crippen molar-refractivity contribution in [1.82, 2.24) is 34.7 Å². The fourth-order valence-corrected chi connectivity index (χ4v) is 3.53. The molecule has 0 atom stereocenters. The van der Waals surface area contributed by atoms with Gasteiger partial charge in [0.2, 0.25) is 17.7 Å². The molecular weight excluding hydrogens is 408 g/mol. The van der Waals surface area contributed by atoms with Crippen molar-refractivity contribution in [3.63, 3.8) is 0 Å². The Morgan fingerprint density at radius 3 is 2.56 bits per heavy atom. The lowest BCUT2D eigenvalue weighted by Crippen LogP contribution is -2.23. The van der Waals surface area contributed by atoms with Gasteiger partial charge in [0.25, 0.3) is 5.56 Å². The average Bonchev–Trinajstić information content (AvgIpc) is 3.25. The standard InChI is InChI=1S/C22H18N8O2/c1-29-27-19(26-28-29)17-11-14(12-24-20(17)32-2)13-8-9-18-16(10-13)21(31)30(22(23)25-18)15-6-4-3-5-7-15/h3-12H,1-2H3,(H2,23,25). The second kappa shape index (κ2) is 7.58. The van der Waals surface area contributed by atoms with Gasteiger partial charge in [0.1, 0.15) is 0 Å². The minimum absolute atomic E-state index is 0.128. The van der Waals surface area contributed by atoms with E-state index in [0.29, 0.717) is 33.9 Å². The molecule has 0 saturated carbocycles. The lowest BCUT2D eigenvalue weighted by atomic mass is 10.0. The molecule has 3 aromatic heterocycles. The molecule has 0 bridgehead atoms. The number of para-hydroxylation sites is 1. The molecule has 2 aromatic carbocycles. The number of pyridine rings is 1. The number of benzene rings is 2. The molecule has 2 N–H and O–H groups in total. The predicted octanol–water partition coefficient (Wildman–Crippen LogP) is 2.23. The molecule has 0 aliphatic rings. The molecule has 10 nitrogen and oxygen atoms in total. The topological polar surface area (TPSA) is 127 Å². The fraction of sp³-hybridized carbons (Fsp3) is 0.0909. The summed E-state index contributed by atoms with van der Waals surface area (Å²) in [5.41, 5.74) is 9.14. The Kier molecular flexibility index (Phi) is 4.59. The van der Waals surface area contributed by atoms with Crippen molar-refractivity contribution in [3.05, 3.63) is 71.1 Å². The summed E-state index contributed by atoms with van der Waals surface area (Å²) in [7, 11) is 3.21. The number of rotatable bonds is 4. The molecule has 0 amide bonds. The number of ether oxygens (including phenoxy) is 1. The van der Waals surface area contributed by atoms with Crippen LogP contribution >= 0.6 is 0 Å². The molecular formula is C22H18N8O2. The van der Waals surface area contributed by atoms with Crippen LogP contribution in [0, 0.1) is 0 Å². The van der Waals surface area contributed by atoms with E-state index < -0.39 is 0 Å². The number of hydrogen-bond donors (Lipinski definition) is 1. The van der Waals surface area contributed by atoms with E-state index in [1.807, 2.05) is 42.5 Å². The maximum atomic E-state index is 13.3. The average molecular weight is 426 g/mol.